The van der Waals surface area contributed by atoms with Gasteiger partial charge in [-0.05, 0) is 0 Å². The lowest BCUT2D eigenvalue weighted by Crippen LogP contribution is -2.39. The van der Waals surface area contributed by atoms with Crippen LogP contribution in [-0.4, -0.2) is 60.0 Å². The van der Waals surface area contributed by atoms with Crippen LogP contribution >= 0.6 is 0 Å². The van der Waals surface area contributed by atoms with Crippen molar-refractivity contribution in [1.82, 2.24) is 4.90 Å². The van der Waals surface area contributed by atoms with E-state index in [9.17, 15) is 9.59 Å². The average Bonchev–Trinajstić information content (AvgIpc) is 2.14. The smallest absolute Gasteiger partial charge is 0.405 e. The number of amides is 2. The summed E-state index contributed by atoms with van der Waals surface area (Å²) in [6.45, 7) is -0.747. The molecule has 0 bridgehead atoms. The summed E-state index contributed by atoms with van der Waals surface area (Å²) in [7, 11) is 0. The summed E-state index contributed by atoms with van der Waals surface area (Å²) in [5, 5.41) is 17.2. The van der Waals surface area contributed by atoms with E-state index in [0.29, 0.717) is 0 Å². The van der Waals surface area contributed by atoms with Crippen molar-refractivity contribution in [3.63, 3.8) is 0 Å². The zero-order valence-electron chi connectivity index (χ0n) is 7.68. The van der Waals surface area contributed by atoms with Crippen molar-refractivity contribution in [2.45, 2.75) is 0 Å². The average molecular weight is 206 g/mol. The van der Waals surface area contributed by atoms with Crippen LogP contribution in [0, 0.1) is 0 Å². The second-order valence-electron chi connectivity index (χ2n) is 2.44. The zero-order valence-corrected chi connectivity index (χ0v) is 7.68. The van der Waals surface area contributed by atoms with Crippen molar-refractivity contribution in [2.24, 2.45) is 5.73 Å². The lowest BCUT2D eigenvalue weighted by molar-refractivity contribution is -0.135. The first-order chi connectivity index (χ1) is 6.61. The van der Waals surface area contributed by atoms with Gasteiger partial charge in [0, 0.05) is 13.1 Å². The molecule has 7 nitrogen and oxygen atoms in total. The molecule has 0 saturated heterocycles. The Kier molecular flexibility index (Phi) is 6.42. The van der Waals surface area contributed by atoms with Crippen LogP contribution in [-0.2, 0) is 9.53 Å². The van der Waals surface area contributed by atoms with E-state index < -0.39 is 18.6 Å². The van der Waals surface area contributed by atoms with Crippen LogP contribution in [0.4, 0.5) is 4.79 Å². The Labute approximate surface area is 81.1 Å². The second kappa shape index (κ2) is 7.10. The molecule has 0 rings (SSSR count). The van der Waals surface area contributed by atoms with E-state index in [4.69, 9.17) is 10.2 Å². The summed E-state index contributed by atoms with van der Waals surface area (Å²) in [4.78, 5) is 22.5. The Morgan fingerprint density at radius 2 is 1.71 bits per heavy atom. The maximum Gasteiger partial charge on any atom is 0.405 e. The van der Waals surface area contributed by atoms with Gasteiger partial charge >= 0.3 is 6.09 Å². The normalized spacial score (nSPS) is 9.57. The number of rotatable bonds is 6. The Hall–Kier alpha value is -1.34. The van der Waals surface area contributed by atoms with Crippen LogP contribution in [0.1, 0.15) is 0 Å². The number of primary amides is 1. The molecule has 0 heterocycles. The summed E-state index contributed by atoms with van der Waals surface area (Å²) >= 11 is 0. The molecule has 0 aromatic rings. The van der Waals surface area contributed by atoms with Gasteiger partial charge in [-0.2, -0.15) is 0 Å². The SMILES string of the molecule is NC(=O)OCC(=O)N(CCO)CCO. The molecule has 0 aliphatic heterocycles. The topological polar surface area (TPSA) is 113 Å². The Morgan fingerprint density at radius 1 is 1.21 bits per heavy atom. The fourth-order valence-corrected chi connectivity index (χ4v) is 0.827. The highest BCUT2D eigenvalue weighted by Gasteiger charge is 2.13. The first-order valence-electron chi connectivity index (χ1n) is 4.03. The fourth-order valence-electron chi connectivity index (χ4n) is 0.827. The molecule has 7 heteroatoms. The molecule has 0 fully saturated rings. The minimum atomic E-state index is -1.04. The Bertz CT molecular complexity index is 191. The minimum Gasteiger partial charge on any atom is -0.440 e. The molecule has 0 spiro atoms. The molecule has 0 saturated carbocycles. The molecule has 0 aromatic heterocycles. The fraction of sp³-hybridized carbons (Fsp3) is 0.714. The van der Waals surface area contributed by atoms with E-state index in [-0.39, 0.29) is 26.3 Å². The summed E-state index contributed by atoms with van der Waals surface area (Å²) in [5.74, 6) is -0.507. The third-order valence-corrected chi connectivity index (χ3v) is 1.43. The van der Waals surface area contributed by atoms with Crippen LogP contribution in [0.25, 0.3) is 0 Å². The number of hydrogen-bond acceptors (Lipinski definition) is 5. The Balaban J connectivity index is 3.94. The number of carbonyl (C=O) groups is 2. The molecular formula is C7H14N2O5. The van der Waals surface area contributed by atoms with Crippen molar-refractivity contribution < 1.29 is 24.5 Å². The maximum absolute atomic E-state index is 11.2. The second-order valence-corrected chi connectivity index (χ2v) is 2.44. The van der Waals surface area contributed by atoms with Crippen molar-refractivity contribution in [3.05, 3.63) is 0 Å². The quantitative estimate of drug-likeness (QED) is 0.460. The van der Waals surface area contributed by atoms with Gasteiger partial charge in [-0.3, -0.25) is 4.79 Å². The highest BCUT2D eigenvalue weighted by molar-refractivity contribution is 5.79. The molecule has 0 unspecified atom stereocenters. The van der Waals surface area contributed by atoms with Crippen molar-refractivity contribution in [1.29, 1.82) is 0 Å². The molecule has 4 N–H and O–H groups in total. The lowest BCUT2D eigenvalue weighted by atomic mass is 10.4. The molecule has 2 amide bonds. The van der Waals surface area contributed by atoms with Gasteiger partial charge in [-0.1, -0.05) is 0 Å². The van der Waals surface area contributed by atoms with E-state index in [2.05, 4.69) is 10.5 Å². The van der Waals surface area contributed by atoms with Crippen LogP contribution in [0.5, 0.6) is 0 Å². The molecule has 0 atom stereocenters. The highest BCUT2D eigenvalue weighted by Crippen LogP contribution is 1.90. The highest BCUT2D eigenvalue weighted by atomic mass is 16.5. The van der Waals surface area contributed by atoms with Gasteiger partial charge in [-0.15, -0.1) is 0 Å². The van der Waals surface area contributed by atoms with Gasteiger partial charge in [0.25, 0.3) is 5.91 Å². The maximum atomic E-state index is 11.2. The van der Waals surface area contributed by atoms with Crippen molar-refractivity contribution in [2.75, 3.05) is 32.9 Å². The van der Waals surface area contributed by atoms with E-state index in [1.807, 2.05) is 0 Å². The Morgan fingerprint density at radius 3 is 2.07 bits per heavy atom. The van der Waals surface area contributed by atoms with Gasteiger partial charge in [0.15, 0.2) is 6.61 Å². The zero-order chi connectivity index (χ0) is 11.0. The molecule has 0 aliphatic rings. The standard InChI is InChI=1S/C7H14N2O5/c8-7(13)14-5-6(12)9(1-3-10)2-4-11/h10-11H,1-5H2,(H2,8,13). The third-order valence-electron chi connectivity index (χ3n) is 1.43. The van der Waals surface area contributed by atoms with E-state index in [1.165, 1.54) is 4.90 Å². The van der Waals surface area contributed by atoms with Crippen LogP contribution in [0.2, 0.25) is 0 Å². The summed E-state index contributed by atoms with van der Waals surface area (Å²) < 4.78 is 4.26. The van der Waals surface area contributed by atoms with Gasteiger partial charge in [-0.25, -0.2) is 4.79 Å². The minimum absolute atomic E-state index is 0.0848. The van der Waals surface area contributed by atoms with E-state index in [1.54, 1.807) is 0 Å². The van der Waals surface area contributed by atoms with E-state index >= 15 is 0 Å². The predicted octanol–water partition coefficient (Wildman–Crippen LogP) is -2.11. The number of carbonyl (C=O) groups excluding carboxylic acids is 2. The van der Waals surface area contributed by atoms with Gasteiger partial charge in [0.1, 0.15) is 0 Å². The van der Waals surface area contributed by atoms with Gasteiger partial charge < -0.3 is 25.6 Å². The number of ether oxygens (including phenoxy) is 1. The summed E-state index contributed by atoms with van der Waals surface area (Å²) in [6, 6.07) is 0. The monoisotopic (exact) mass is 206 g/mol. The van der Waals surface area contributed by atoms with Crippen LogP contribution in [0.15, 0.2) is 0 Å². The first-order valence-corrected chi connectivity index (χ1v) is 4.03. The molecular weight excluding hydrogens is 192 g/mol. The van der Waals surface area contributed by atoms with Gasteiger partial charge in [0.05, 0.1) is 13.2 Å². The van der Waals surface area contributed by atoms with Crippen molar-refractivity contribution in [3.8, 4) is 0 Å². The number of aliphatic hydroxyl groups is 2. The molecule has 82 valence electrons. The third kappa shape index (κ3) is 5.33. The predicted molar refractivity (Wildman–Crippen MR) is 46.3 cm³/mol. The van der Waals surface area contributed by atoms with Crippen molar-refractivity contribution >= 4 is 12.0 Å². The lowest BCUT2D eigenvalue weighted by Gasteiger charge is -2.19. The summed E-state index contributed by atoms with van der Waals surface area (Å²) in [6.07, 6.45) is -1.04. The largest absolute Gasteiger partial charge is 0.440 e. The van der Waals surface area contributed by atoms with Crippen LogP contribution in [0.3, 0.4) is 0 Å². The summed E-state index contributed by atoms with van der Waals surface area (Å²) in [5.41, 5.74) is 4.66. The molecule has 0 aliphatic carbocycles. The van der Waals surface area contributed by atoms with Gasteiger partial charge in [0.2, 0.25) is 0 Å². The molecule has 14 heavy (non-hydrogen) atoms. The molecule has 0 radical (unpaired) electrons. The number of aliphatic hydroxyl groups excluding tert-OH is 2. The number of nitrogens with zero attached hydrogens (tertiary/aromatic N) is 1. The molecule has 0 aromatic carbocycles. The van der Waals surface area contributed by atoms with E-state index in [0.717, 1.165) is 0 Å². The number of hydrogen-bond donors (Lipinski definition) is 3. The first kappa shape index (κ1) is 12.7. The number of nitrogens with two attached hydrogens (primary N) is 1. The van der Waals surface area contributed by atoms with Crippen LogP contribution < -0.4 is 5.73 Å².